The van der Waals surface area contributed by atoms with Crippen molar-refractivity contribution in [3.8, 4) is 11.4 Å². The van der Waals surface area contributed by atoms with E-state index in [-0.39, 0.29) is 5.91 Å². The molecule has 1 atom stereocenters. The molecule has 1 aliphatic heterocycles. The van der Waals surface area contributed by atoms with Crippen molar-refractivity contribution in [1.82, 2.24) is 25.8 Å². The topological polar surface area (TPSA) is 82.7 Å². The van der Waals surface area contributed by atoms with Crippen LogP contribution in [0.4, 0.5) is 0 Å². The van der Waals surface area contributed by atoms with Crippen LogP contribution < -0.4 is 10.6 Å². The molecule has 1 aliphatic carbocycles. The van der Waals surface area contributed by atoms with E-state index >= 15 is 0 Å². The SMILES string of the molecule is O=C(CC1CCNC2(CCC2)C1)NCc1ccc(-c2ncn[nH]2)cc1. The quantitative estimate of drug-likeness (QED) is 0.781. The van der Waals surface area contributed by atoms with Crippen LogP contribution in [0.15, 0.2) is 30.6 Å². The van der Waals surface area contributed by atoms with Gasteiger partial charge in [-0.1, -0.05) is 24.3 Å². The largest absolute Gasteiger partial charge is 0.352 e. The molecule has 1 spiro atoms. The molecule has 1 aromatic carbocycles. The number of aromatic amines is 1. The van der Waals surface area contributed by atoms with Gasteiger partial charge in [-0.25, -0.2) is 4.98 Å². The zero-order chi connectivity index (χ0) is 17.1. The lowest BCUT2D eigenvalue weighted by Gasteiger charge is -2.48. The van der Waals surface area contributed by atoms with Crippen molar-refractivity contribution in [2.45, 2.75) is 50.6 Å². The second-order valence-electron chi connectivity index (χ2n) is 7.43. The minimum Gasteiger partial charge on any atom is -0.352 e. The molecule has 132 valence electrons. The Hall–Kier alpha value is -2.21. The fourth-order valence-electron chi connectivity index (χ4n) is 4.09. The van der Waals surface area contributed by atoms with Crippen LogP contribution >= 0.6 is 0 Å². The molecule has 0 bridgehead atoms. The standard InChI is InChI=1S/C19H25N5O/c25-17(10-15-6-9-22-19(11-15)7-1-8-19)20-12-14-2-4-16(5-3-14)18-21-13-23-24-18/h2-5,13,15,22H,1,6-12H2,(H,20,25)(H,21,23,24). The number of piperidine rings is 1. The zero-order valence-corrected chi connectivity index (χ0v) is 14.4. The zero-order valence-electron chi connectivity index (χ0n) is 14.4. The van der Waals surface area contributed by atoms with Crippen LogP contribution in [0.5, 0.6) is 0 Å². The van der Waals surface area contributed by atoms with Gasteiger partial charge in [-0.05, 0) is 50.1 Å². The summed E-state index contributed by atoms with van der Waals surface area (Å²) in [6.45, 7) is 1.63. The van der Waals surface area contributed by atoms with E-state index in [1.54, 1.807) is 0 Å². The van der Waals surface area contributed by atoms with Crippen molar-refractivity contribution < 1.29 is 4.79 Å². The smallest absolute Gasteiger partial charge is 0.220 e. The third kappa shape index (κ3) is 3.74. The minimum atomic E-state index is 0.167. The Balaban J connectivity index is 1.26. The van der Waals surface area contributed by atoms with Crippen molar-refractivity contribution in [1.29, 1.82) is 0 Å². The summed E-state index contributed by atoms with van der Waals surface area (Å²) in [6, 6.07) is 8.03. The summed E-state index contributed by atoms with van der Waals surface area (Å²) in [5.74, 6) is 1.45. The van der Waals surface area contributed by atoms with E-state index in [0.29, 0.717) is 24.4 Å². The van der Waals surface area contributed by atoms with Crippen LogP contribution in [0.2, 0.25) is 0 Å². The number of nitrogens with zero attached hydrogens (tertiary/aromatic N) is 2. The molecule has 25 heavy (non-hydrogen) atoms. The first kappa shape index (κ1) is 16.3. The number of amides is 1. The van der Waals surface area contributed by atoms with Crippen LogP contribution in [0.1, 0.15) is 44.1 Å². The molecule has 1 aromatic heterocycles. The number of hydrogen-bond donors (Lipinski definition) is 3. The maximum absolute atomic E-state index is 12.3. The number of nitrogens with one attached hydrogen (secondary N) is 3. The van der Waals surface area contributed by atoms with Crippen molar-refractivity contribution in [3.63, 3.8) is 0 Å². The monoisotopic (exact) mass is 339 g/mol. The Morgan fingerprint density at radius 2 is 2.12 bits per heavy atom. The summed E-state index contributed by atoms with van der Waals surface area (Å²) in [6.07, 6.45) is 8.31. The average Bonchev–Trinajstić information content (AvgIpc) is 3.14. The van der Waals surface area contributed by atoms with Gasteiger partial charge in [0.25, 0.3) is 0 Å². The molecule has 1 saturated carbocycles. The molecule has 2 heterocycles. The lowest BCUT2D eigenvalue weighted by Crippen LogP contribution is -2.55. The molecule has 4 rings (SSSR count). The Bertz CT molecular complexity index is 706. The van der Waals surface area contributed by atoms with Gasteiger partial charge in [0.05, 0.1) is 0 Å². The van der Waals surface area contributed by atoms with E-state index in [1.807, 2.05) is 24.3 Å². The van der Waals surface area contributed by atoms with Crippen LogP contribution in [0.25, 0.3) is 11.4 Å². The van der Waals surface area contributed by atoms with Gasteiger partial charge in [0.15, 0.2) is 5.82 Å². The van der Waals surface area contributed by atoms with Crippen molar-refractivity contribution in [3.05, 3.63) is 36.2 Å². The first-order valence-corrected chi connectivity index (χ1v) is 9.19. The highest BCUT2D eigenvalue weighted by atomic mass is 16.1. The van der Waals surface area contributed by atoms with E-state index in [9.17, 15) is 4.79 Å². The van der Waals surface area contributed by atoms with Crippen LogP contribution in [0.3, 0.4) is 0 Å². The number of rotatable bonds is 5. The maximum Gasteiger partial charge on any atom is 0.220 e. The molecule has 6 nitrogen and oxygen atoms in total. The van der Waals surface area contributed by atoms with Gasteiger partial charge in [0.2, 0.25) is 5.91 Å². The first-order valence-electron chi connectivity index (χ1n) is 9.19. The van der Waals surface area contributed by atoms with Crippen molar-refractivity contribution in [2.75, 3.05) is 6.54 Å². The van der Waals surface area contributed by atoms with Crippen LogP contribution in [-0.4, -0.2) is 33.2 Å². The van der Waals surface area contributed by atoms with Gasteiger partial charge in [0, 0.05) is 24.1 Å². The average molecular weight is 339 g/mol. The summed E-state index contributed by atoms with van der Waals surface area (Å²) in [7, 11) is 0. The van der Waals surface area contributed by atoms with Gasteiger partial charge in [-0.2, -0.15) is 5.10 Å². The third-order valence-electron chi connectivity index (χ3n) is 5.65. The van der Waals surface area contributed by atoms with E-state index in [4.69, 9.17) is 0 Å². The lowest BCUT2D eigenvalue weighted by atomic mass is 9.68. The Labute approximate surface area is 147 Å². The van der Waals surface area contributed by atoms with Crippen LogP contribution in [0, 0.1) is 5.92 Å². The highest BCUT2D eigenvalue weighted by molar-refractivity contribution is 5.76. The van der Waals surface area contributed by atoms with Crippen LogP contribution in [-0.2, 0) is 11.3 Å². The van der Waals surface area contributed by atoms with Crippen molar-refractivity contribution in [2.24, 2.45) is 5.92 Å². The van der Waals surface area contributed by atoms with Gasteiger partial charge in [-0.3, -0.25) is 9.89 Å². The molecule has 3 N–H and O–H groups in total. The summed E-state index contributed by atoms with van der Waals surface area (Å²) < 4.78 is 0. The van der Waals surface area contributed by atoms with Crippen molar-refractivity contribution >= 4 is 5.91 Å². The van der Waals surface area contributed by atoms with E-state index in [1.165, 1.54) is 25.6 Å². The van der Waals surface area contributed by atoms with Gasteiger partial charge >= 0.3 is 0 Å². The third-order valence-corrected chi connectivity index (χ3v) is 5.65. The van der Waals surface area contributed by atoms with Gasteiger partial charge in [0.1, 0.15) is 6.33 Å². The highest BCUT2D eigenvalue weighted by Crippen LogP contribution is 2.41. The summed E-state index contributed by atoms with van der Waals surface area (Å²) in [4.78, 5) is 16.4. The Morgan fingerprint density at radius 3 is 2.80 bits per heavy atom. The predicted octanol–water partition coefficient (Wildman–Crippen LogP) is 2.40. The first-order chi connectivity index (χ1) is 12.2. The van der Waals surface area contributed by atoms with E-state index in [0.717, 1.165) is 36.3 Å². The molecule has 2 fully saturated rings. The molecule has 1 unspecified atom stereocenters. The summed E-state index contributed by atoms with van der Waals surface area (Å²) in [5, 5.41) is 13.4. The second-order valence-corrected chi connectivity index (χ2v) is 7.43. The number of carbonyl (C=O) groups is 1. The molecule has 1 saturated heterocycles. The Morgan fingerprint density at radius 1 is 1.28 bits per heavy atom. The number of H-pyrrole nitrogens is 1. The number of carbonyl (C=O) groups excluding carboxylic acids is 1. The number of hydrogen-bond acceptors (Lipinski definition) is 4. The summed E-state index contributed by atoms with van der Waals surface area (Å²) in [5.41, 5.74) is 2.45. The molecular weight excluding hydrogens is 314 g/mol. The van der Waals surface area contributed by atoms with E-state index in [2.05, 4.69) is 25.8 Å². The molecule has 0 radical (unpaired) electrons. The molecule has 6 heteroatoms. The predicted molar refractivity (Wildman–Crippen MR) is 95.6 cm³/mol. The molecule has 2 aromatic rings. The maximum atomic E-state index is 12.3. The number of aromatic nitrogens is 3. The minimum absolute atomic E-state index is 0.167. The van der Waals surface area contributed by atoms with Gasteiger partial charge in [-0.15, -0.1) is 0 Å². The lowest BCUT2D eigenvalue weighted by molar-refractivity contribution is -0.122. The Kier molecular flexibility index (Phi) is 4.53. The van der Waals surface area contributed by atoms with E-state index < -0.39 is 0 Å². The van der Waals surface area contributed by atoms with Gasteiger partial charge < -0.3 is 10.6 Å². The normalized spacial score (nSPS) is 21.7. The molecular formula is C19H25N5O. The summed E-state index contributed by atoms with van der Waals surface area (Å²) >= 11 is 0. The molecule has 2 aliphatic rings. The molecule has 1 amide bonds. The second kappa shape index (κ2) is 6.96. The highest BCUT2D eigenvalue weighted by Gasteiger charge is 2.41. The fraction of sp³-hybridized carbons (Fsp3) is 0.526. The fourth-order valence-corrected chi connectivity index (χ4v) is 4.09. The number of benzene rings is 1.